The summed E-state index contributed by atoms with van der Waals surface area (Å²) < 4.78 is 0. The van der Waals surface area contributed by atoms with Crippen molar-refractivity contribution in [3.05, 3.63) is 0 Å². The first-order chi connectivity index (χ1) is 8.17. The molecular weight excluding hydrogens is 208 g/mol. The molecule has 0 amide bonds. The lowest BCUT2D eigenvalue weighted by Crippen LogP contribution is -2.46. The van der Waals surface area contributed by atoms with Gasteiger partial charge in [0.05, 0.1) is 0 Å². The Morgan fingerprint density at radius 2 is 1.82 bits per heavy atom. The van der Waals surface area contributed by atoms with Gasteiger partial charge in [-0.1, -0.05) is 40.5 Å². The third-order valence-corrected chi connectivity index (χ3v) is 4.13. The highest BCUT2D eigenvalue weighted by atomic mass is 15.2. The molecule has 0 radical (unpaired) electrons. The maximum absolute atomic E-state index is 3.62. The summed E-state index contributed by atoms with van der Waals surface area (Å²) in [7, 11) is 0. The molecule has 0 aromatic carbocycles. The largest absolute Gasteiger partial charge is 0.313 e. The van der Waals surface area contributed by atoms with Crippen LogP contribution >= 0.6 is 0 Å². The van der Waals surface area contributed by atoms with Crippen molar-refractivity contribution in [3.8, 4) is 0 Å². The zero-order valence-electron chi connectivity index (χ0n) is 12.3. The first-order valence-corrected chi connectivity index (χ1v) is 7.63. The number of likely N-dealkylation sites (tertiary alicyclic amines) is 1. The van der Waals surface area contributed by atoms with Gasteiger partial charge in [0, 0.05) is 12.6 Å². The average Bonchev–Trinajstić information content (AvgIpc) is 2.31. The van der Waals surface area contributed by atoms with E-state index in [-0.39, 0.29) is 0 Å². The number of hydrogen-bond acceptors (Lipinski definition) is 2. The number of nitrogens with zero attached hydrogens (tertiary/aromatic N) is 1. The molecule has 0 aromatic heterocycles. The summed E-state index contributed by atoms with van der Waals surface area (Å²) >= 11 is 0. The van der Waals surface area contributed by atoms with Crippen molar-refractivity contribution in [2.45, 2.75) is 59.4 Å². The summed E-state index contributed by atoms with van der Waals surface area (Å²) in [5.41, 5.74) is 0. The maximum Gasteiger partial charge on any atom is 0.0217 e. The molecule has 1 aliphatic rings. The minimum Gasteiger partial charge on any atom is -0.313 e. The van der Waals surface area contributed by atoms with Gasteiger partial charge in [-0.15, -0.1) is 0 Å². The van der Waals surface area contributed by atoms with Crippen molar-refractivity contribution in [2.24, 2.45) is 11.8 Å². The van der Waals surface area contributed by atoms with Crippen LogP contribution in [0.15, 0.2) is 0 Å². The topological polar surface area (TPSA) is 15.3 Å². The molecule has 0 aliphatic carbocycles. The fourth-order valence-electron chi connectivity index (χ4n) is 2.92. The van der Waals surface area contributed by atoms with Gasteiger partial charge in [0.2, 0.25) is 0 Å². The minimum atomic E-state index is 0.669. The van der Waals surface area contributed by atoms with Gasteiger partial charge in [0.1, 0.15) is 0 Å². The molecule has 102 valence electrons. The van der Waals surface area contributed by atoms with Crippen LogP contribution in [0.1, 0.15) is 53.4 Å². The van der Waals surface area contributed by atoms with Gasteiger partial charge in [-0.3, -0.25) is 0 Å². The standard InChI is InChI=1S/C15H32N2/c1-5-7-14-8-10-17(11-9-14)12-15(13(3)4)16-6-2/h13-16H,5-12H2,1-4H3. The lowest BCUT2D eigenvalue weighted by Gasteiger charge is -2.35. The third kappa shape index (κ3) is 5.39. The molecule has 0 bridgehead atoms. The number of hydrogen-bond donors (Lipinski definition) is 1. The molecule has 1 heterocycles. The Morgan fingerprint density at radius 3 is 2.29 bits per heavy atom. The van der Waals surface area contributed by atoms with Crippen molar-refractivity contribution in [3.63, 3.8) is 0 Å². The highest BCUT2D eigenvalue weighted by Gasteiger charge is 2.22. The van der Waals surface area contributed by atoms with Crippen LogP contribution in [-0.4, -0.2) is 37.1 Å². The molecule has 0 spiro atoms. The van der Waals surface area contributed by atoms with E-state index in [1.807, 2.05) is 0 Å². The Bertz CT molecular complexity index is 183. The van der Waals surface area contributed by atoms with E-state index in [2.05, 4.69) is 37.9 Å². The van der Waals surface area contributed by atoms with E-state index in [4.69, 9.17) is 0 Å². The number of piperidine rings is 1. The molecule has 1 atom stereocenters. The summed E-state index contributed by atoms with van der Waals surface area (Å²) in [5, 5.41) is 3.62. The normalized spacial score (nSPS) is 21.0. The number of nitrogens with one attached hydrogen (secondary N) is 1. The lowest BCUT2D eigenvalue weighted by atomic mass is 9.92. The van der Waals surface area contributed by atoms with E-state index in [0.717, 1.165) is 18.4 Å². The fourth-order valence-corrected chi connectivity index (χ4v) is 2.92. The van der Waals surface area contributed by atoms with E-state index < -0.39 is 0 Å². The van der Waals surface area contributed by atoms with Crippen LogP contribution in [0.2, 0.25) is 0 Å². The smallest absolute Gasteiger partial charge is 0.0217 e. The van der Waals surface area contributed by atoms with Crippen LogP contribution < -0.4 is 5.32 Å². The first kappa shape index (κ1) is 15.0. The molecule has 2 nitrogen and oxygen atoms in total. The molecular formula is C15H32N2. The fraction of sp³-hybridized carbons (Fsp3) is 1.00. The van der Waals surface area contributed by atoms with Gasteiger partial charge >= 0.3 is 0 Å². The van der Waals surface area contributed by atoms with Gasteiger partial charge < -0.3 is 10.2 Å². The predicted molar refractivity (Wildman–Crippen MR) is 76.4 cm³/mol. The van der Waals surface area contributed by atoms with Gasteiger partial charge in [0.25, 0.3) is 0 Å². The molecule has 1 saturated heterocycles. The van der Waals surface area contributed by atoms with Gasteiger partial charge in [-0.05, 0) is 44.3 Å². The second kappa shape index (κ2) is 8.10. The second-order valence-electron chi connectivity index (χ2n) is 5.94. The van der Waals surface area contributed by atoms with E-state index in [9.17, 15) is 0 Å². The molecule has 0 aromatic rings. The monoisotopic (exact) mass is 240 g/mol. The molecule has 1 rings (SSSR count). The molecule has 2 heteroatoms. The van der Waals surface area contributed by atoms with E-state index >= 15 is 0 Å². The Morgan fingerprint density at radius 1 is 1.18 bits per heavy atom. The summed E-state index contributed by atoms with van der Waals surface area (Å²) in [6.45, 7) is 14.2. The third-order valence-electron chi connectivity index (χ3n) is 4.13. The van der Waals surface area contributed by atoms with E-state index in [0.29, 0.717) is 6.04 Å². The highest BCUT2D eigenvalue weighted by molar-refractivity contribution is 4.78. The van der Waals surface area contributed by atoms with Gasteiger partial charge in [0.15, 0.2) is 0 Å². The molecule has 1 N–H and O–H groups in total. The van der Waals surface area contributed by atoms with Crippen molar-refractivity contribution in [1.82, 2.24) is 10.2 Å². The maximum atomic E-state index is 3.62. The van der Waals surface area contributed by atoms with Crippen molar-refractivity contribution < 1.29 is 0 Å². The Hall–Kier alpha value is -0.0800. The second-order valence-corrected chi connectivity index (χ2v) is 5.94. The van der Waals surface area contributed by atoms with Crippen LogP contribution in [0.5, 0.6) is 0 Å². The van der Waals surface area contributed by atoms with Crippen molar-refractivity contribution >= 4 is 0 Å². The number of rotatable bonds is 7. The van der Waals surface area contributed by atoms with Crippen LogP contribution in [0.4, 0.5) is 0 Å². The van der Waals surface area contributed by atoms with Gasteiger partial charge in [-0.2, -0.15) is 0 Å². The van der Waals surface area contributed by atoms with Crippen molar-refractivity contribution in [1.29, 1.82) is 0 Å². The average molecular weight is 240 g/mol. The van der Waals surface area contributed by atoms with Crippen LogP contribution in [0, 0.1) is 11.8 Å². The zero-order chi connectivity index (χ0) is 12.7. The minimum absolute atomic E-state index is 0.669. The van der Waals surface area contributed by atoms with Gasteiger partial charge in [-0.25, -0.2) is 0 Å². The summed E-state index contributed by atoms with van der Waals surface area (Å²) in [6, 6.07) is 0.669. The van der Waals surface area contributed by atoms with E-state index in [1.54, 1.807) is 0 Å². The van der Waals surface area contributed by atoms with E-state index in [1.165, 1.54) is 45.3 Å². The lowest BCUT2D eigenvalue weighted by molar-refractivity contribution is 0.152. The van der Waals surface area contributed by atoms with Crippen LogP contribution in [0.3, 0.4) is 0 Å². The highest BCUT2D eigenvalue weighted by Crippen LogP contribution is 2.22. The zero-order valence-corrected chi connectivity index (χ0v) is 12.3. The molecule has 1 fully saturated rings. The summed E-state index contributed by atoms with van der Waals surface area (Å²) in [4.78, 5) is 2.67. The molecule has 17 heavy (non-hydrogen) atoms. The van der Waals surface area contributed by atoms with Crippen molar-refractivity contribution in [2.75, 3.05) is 26.2 Å². The molecule has 1 aliphatic heterocycles. The number of likely N-dealkylation sites (N-methyl/N-ethyl adjacent to an activating group) is 1. The predicted octanol–water partition coefficient (Wildman–Crippen LogP) is 3.13. The molecule has 1 unspecified atom stereocenters. The van der Waals surface area contributed by atoms with Crippen LogP contribution in [-0.2, 0) is 0 Å². The SMILES string of the molecule is CCCC1CCN(CC(NCC)C(C)C)CC1. The Balaban J connectivity index is 2.28. The Labute approximate surface area is 108 Å². The quantitative estimate of drug-likeness (QED) is 0.735. The first-order valence-electron chi connectivity index (χ1n) is 7.63. The summed E-state index contributed by atoms with van der Waals surface area (Å²) in [6.07, 6.45) is 5.64. The van der Waals surface area contributed by atoms with Crippen LogP contribution in [0.25, 0.3) is 0 Å². The molecule has 0 saturated carbocycles. The summed E-state index contributed by atoms with van der Waals surface area (Å²) in [5.74, 6) is 1.75. The Kier molecular flexibility index (Phi) is 7.14.